The Balaban J connectivity index is 2.10. The Bertz CT molecular complexity index is 997. The molecule has 0 N–H and O–H groups in total. The van der Waals surface area contributed by atoms with Crippen molar-refractivity contribution in [3.8, 4) is 11.3 Å². The van der Waals surface area contributed by atoms with E-state index in [2.05, 4.69) is 9.97 Å². The molecule has 0 saturated carbocycles. The number of hydrogen-bond acceptors (Lipinski definition) is 5. The van der Waals surface area contributed by atoms with Crippen molar-refractivity contribution in [3.05, 3.63) is 58.4 Å². The van der Waals surface area contributed by atoms with E-state index in [1.807, 2.05) is 0 Å². The van der Waals surface area contributed by atoms with Crippen molar-refractivity contribution in [1.29, 1.82) is 0 Å². The summed E-state index contributed by atoms with van der Waals surface area (Å²) in [5.74, 6) is -0.455. The first-order valence-corrected chi connectivity index (χ1v) is 7.79. The lowest BCUT2D eigenvalue weighted by molar-refractivity contribution is -0.143. The van der Waals surface area contributed by atoms with Gasteiger partial charge in [0.1, 0.15) is 18.2 Å². The molecule has 128 valence electrons. The van der Waals surface area contributed by atoms with Crippen LogP contribution in [0.15, 0.2) is 41.2 Å². The fourth-order valence-electron chi connectivity index (χ4n) is 2.51. The Labute approximate surface area is 142 Å². The standard InChI is InChI=1S/C18H16FN3O3/c1-3-25-16(23)10-22-11(2)20-15-9-8-14(21-17(15)18(22)24)12-4-6-13(19)7-5-12/h4-9H,3,10H2,1-2H3. The summed E-state index contributed by atoms with van der Waals surface area (Å²) in [6.45, 7) is 3.36. The van der Waals surface area contributed by atoms with Crippen LogP contribution in [0, 0.1) is 12.7 Å². The number of rotatable bonds is 4. The number of nitrogens with zero attached hydrogens (tertiary/aromatic N) is 3. The molecular weight excluding hydrogens is 325 g/mol. The topological polar surface area (TPSA) is 74.1 Å². The minimum absolute atomic E-state index is 0.150. The molecule has 0 atom stereocenters. The first-order chi connectivity index (χ1) is 12.0. The fourth-order valence-corrected chi connectivity index (χ4v) is 2.51. The van der Waals surface area contributed by atoms with Crippen LogP contribution in [0.4, 0.5) is 4.39 Å². The van der Waals surface area contributed by atoms with E-state index in [9.17, 15) is 14.0 Å². The molecule has 0 aliphatic carbocycles. The third-order valence-electron chi connectivity index (χ3n) is 3.73. The molecule has 0 bridgehead atoms. The van der Waals surface area contributed by atoms with Crippen LogP contribution >= 0.6 is 0 Å². The minimum atomic E-state index is -0.511. The van der Waals surface area contributed by atoms with Crippen LogP contribution in [-0.2, 0) is 16.1 Å². The van der Waals surface area contributed by atoms with Gasteiger partial charge in [-0.2, -0.15) is 0 Å². The van der Waals surface area contributed by atoms with Gasteiger partial charge in [0.15, 0.2) is 5.52 Å². The summed E-state index contributed by atoms with van der Waals surface area (Å²) in [5.41, 5.74) is 1.38. The highest BCUT2D eigenvalue weighted by atomic mass is 19.1. The van der Waals surface area contributed by atoms with Gasteiger partial charge < -0.3 is 4.74 Å². The molecule has 1 aromatic carbocycles. The largest absolute Gasteiger partial charge is 0.465 e. The molecule has 0 fully saturated rings. The first kappa shape index (κ1) is 16.8. The molecule has 3 aromatic rings. The molecule has 0 amide bonds. The van der Waals surface area contributed by atoms with E-state index in [1.54, 1.807) is 38.1 Å². The van der Waals surface area contributed by atoms with Crippen LogP contribution in [-0.4, -0.2) is 27.1 Å². The van der Waals surface area contributed by atoms with Crippen molar-refractivity contribution in [3.63, 3.8) is 0 Å². The molecule has 7 heteroatoms. The normalized spacial score (nSPS) is 10.8. The Morgan fingerprint density at radius 3 is 2.56 bits per heavy atom. The van der Waals surface area contributed by atoms with E-state index in [4.69, 9.17) is 4.74 Å². The monoisotopic (exact) mass is 341 g/mol. The van der Waals surface area contributed by atoms with Gasteiger partial charge in [-0.25, -0.2) is 14.4 Å². The number of pyridine rings is 1. The average molecular weight is 341 g/mol. The van der Waals surface area contributed by atoms with Crippen molar-refractivity contribution < 1.29 is 13.9 Å². The van der Waals surface area contributed by atoms with E-state index in [0.717, 1.165) is 0 Å². The van der Waals surface area contributed by atoms with Gasteiger partial charge in [0.05, 0.1) is 17.8 Å². The van der Waals surface area contributed by atoms with Gasteiger partial charge >= 0.3 is 5.97 Å². The Morgan fingerprint density at radius 1 is 1.16 bits per heavy atom. The average Bonchev–Trinajstić information content (AvgIpc) is 2.59. The summed E-state index contributed by atoms with van der Waals surface area (Å²) in [6.07, 6.45) is 0. The number of esters is 1. The molecule has 3 rings (SSSR count). The lowest BCUT2D eigenvalue weighted by atomic mass is 10.1. The summed E-state index contributed by atoms with van der Waals surface area (Å²) in [6, 6.07) is 9.23. The smallest absolute Gasteiger partial charge is 0.326 e. The number of benzene rings is 1. The second kappa shape index (κ2) is 6.80. The number of ether oxygens (including phenoxy) is 1. The van der Waals surface area contributed by atoms with Crippen molar-refractivity contribution in [2.75, 3.05) is 6.61 Å². The van der Waals surface area contributed by atoms with E-state index in [0.29, 0.717) is 22.6 Å². The van der Waals surface area contributed by atoms with E-state index in [1.165, 1.54) is 16.7 Å². The van der Waals surface area contributed by atoms with Gasteiger partial charge in [0, 0.05) is 5.56 Å². The number of halogens is 1. The summed E-state index contributed by atoms with van der Waals surface area (Å²) in [5, 5.41) is 0. The van der Waals surface area contributed by atoms with Gasteiger partial charge in [-0.05, 0) is 50.2 Å². The second-order valence-corrected chi connectivity index (χ2v) is 5.43. The second-order valence-electron chi connectivity index (χ2n) is 5.43. The first-order valence-electron chi connectivity index (χ1n) is 7.79. The van der Waals surface area contributed by atoms with Crippen LogP contribution in [0.1, 0.15) is 12.7 Å². The summed E-state index contributed by atoms with van der Waals surface area (Å²) < 4.78 is 19.2. The fraction of sp³-hybridized carbons (Fsp3) is 0.222. The van der Waals surface area contributed by atoms with Gasteiger partial charge in [-0.3, -0.25) is 14.2 Å². The predicted octanol–water partition coefficient (Wildman–Crippen LogP) is 2.47. The number of fused-ring (bicyclic) bond motifs is 1. The summed E-state index contributed by atoms with van der Waals surface area (Å²) >= 11 is 0. The zero-order valence-corrected chi connectivity index (χ0v) is 13.8. The molecule has 0 aliphatic heterocycles. The zero-order chi connectivity index (χ0) is 18.0. The molecule has 0 aliphatic rings. The minimum Gasteiger partial charge on any atom is -0.465 e. The highest BCUT2D eigenvalue weighted by molar-refractivity contribution is 5.78. The van der Waals surface area contributed by atoms with Crippen LogP contribution < -0.4 is 5.56 Å². The molecular formula is C18H16FN3O3. The van der Waals surface area contributed by atoms with E-state index in [-0.39, 0.29) is 24.5 Å². The maximum atomic E-state index is 13.1. The summed E-state index contributed by atoms with van der Waals surface area (Å²) in [7, 11) is 0. The Hall–Kier alpha value is -3.09. The lowest BCUT2D eigenvalue weighted by Crippen LogP contribution is -2.29. The van der Waals surface area contributed by atoms with Crippen LogP contribution in [0.3, 0.4) is 0 Å². The molecule has 0 unspecified atom stereocenters. The van der Waals surface area contributed by atoms with Gasteiger partial charge in [0.2, 0.25) is 0 Å². The molecule has 0 saturated heterocycles. The third kappa shape index (κ3) is 3.40. The van der Waals surface area contributed by atoms with Gasteiger partial charge in [-0.1, -0.05) is 0 Å². The van der Waals surface area contributed by atoms with Gasteiger partial charge in [0.25, 0.3) is 5.56 Å². The zero-order valence-electron chi connectivity index (χ0n) is 13.8. The SMILES string of the molecule is CCOC(=O)Cn1c(C)nc2ccc(-c3ccc(F)cc3)nc2c1=O. The van der Waals surface area contributed by atoms with Crippen molar-refractivity contribution >= 4 is 17.0 Å². The molecule has 6 nitrogen and oxygen atoms in total. The third-order valence-corrected chi connectivity index (χ3v) is 3.73. The number of aromatic nitrogens is 3. The molecule has 2 aromatic heterocycles. The van der Waals surface area contributed by atoms with Crippen LogP contribution in [0.2, 0.25) is 0 Å². The van der Waals surface area contributed by atoms with Crippen molar-refractivity contribution in [1.82, 2.24) is 14.5 Å². The number of carbonyl (C=O) groups is 1. The highest BCUT2D eigenvalue weighted by Crippen LogP contribution is 2.19. The summed E-state index contributed by atoms with van der Waals surface area (Å²) in [4.78, 5) is 33.1. The maximum Gasteiger partial charge on any atom is 0.326 e. The number of carbonyl (C=O) groups excluding carboxylic acids is 1. The van der Waals surface area contributed by atoms with Crippen LogP contribution in [0.25, 0.3) is 22.3 Å². The van der Waals surface area contributed by atoms with Crippen molar-refractivity contribution in [2.24, 2.45) is 0 Å². The predicted molar refractivity (Wildman–Crippen MR) is 90.6 cm³/mol. The number of aryl methyl sites for hydroxylation is 1. The van der Waals surface area contributed by atoms with E-state index < -0.39 is 11.5 Å². The molecule has 0 radical (unpaired) electrons. The van der Waals surface area contributed by atoms with Gasteiger partial charge in [-0.15, -0.1) is 0 Å². The highest BCUT2D eigenvalue weighted by Gasteiger charge is 2.14. The lowest BCUT2D eigenvalue weighted by Gasteiger charge is -2.10. The van der Waals surface area contributed by atoms with Crippen molar-refractivity contribution in [2.45, 2.75) is 20.4 Å². The molecule has 25 heavy (non-hydrogen) atoms. The van der Waals surface area contributed by atoms with Crippen LogP contribution in [0.5, 0.6) is 0 Å². The Kier molecular flexibility index (Phi) is 4.56. The molecule has 0 spiro atoms. The Morgan fingerprint density at radius 2 is 1.88 bits per heavy atom. The van der Waals surface area contributed by atoms with E-state index >= 15 is 0 Å². The number of hydrogen-bond donors (Lipinski definition) is 0. The quantitative estimate of drug-likeness (QED) is 0.682. The molecule has 2 heterocycles. The maximum absolute atomic E-state index is 13.1.